The first-order chi connectivity index (χ1) is 9.79. The quantitative estimate of drug-likeness (QED) is 0.894. The van der Waals surface area contributed by atoms with Crippen molar-refractivity contribution in [1.82, 2.24) is 19.6 Å². The van der Waals surface area contributed by atoms with Crippen molar-refractivity contribution in [2.45, 2.75) is 25.4 Å². The highest BCUT2D eigenvalue weighted by atomic mass is 32.1. The van der Waals surface area contributed by atoms with Crippen LogP contribution in [0, 0.1) is 5.92 Å². The predicted molar refractivity (Wildman–Crippen MR) is 79.1 cm³/mol. The minimum absolute atomic E-state index is 0.0287. The Morgan fingerprint density at radius 2 is 2.40 bits per heavy atom. The van der Waals surface area contributed by atoms with E-state index in [1.165, 1.54) is 24.2 Å². The minimum atomic E-state index is 0.0287. The van der Waals surface area contributed by atoms with Crippen molar-refractivity contribution in [3.05, 3.63) is 33.7 Å². The number of aromatic nitrogens is 2. The summed E-state index contributed by atoms with van der Waals surface area (Å²) in [6.45, 7) is 4.15. The average molecular weight is 290 g/mol. The third kappa shape index (κ3) is 2.17. The summed E-state index contributed by atoms with van der Waals surface area (Å²) in [5.74, 6) is 0.773. The van der Waals surface area contributed by atoms with E-state index >= 15 is 0 Å². The van der Waals surface area contributed by atoms with Crippen LogP contribution < -0.4 is 10.9 Å². The number of hydrogen-bond donors (Lipinski definition) is 1. The molecule has 20 heavy (non-hydrogen) atoms. The lowest BCUT2D eigenvalue weighted by Crippen LogP contribution is -2.40. The normalized spacial score (nSPS) is 27.0. The number of likely N-dealkylation sites (tertiary alicyclic amines) is 1. The third-order valence-corrected chi connectivity index (χ3v) is 5.17. The average Bonchev–Trinajstić information content (AvgIpc) is 3.04. The Bertz CT molecular complexity index is 665. The van der Waals surface area contributed by atoms with Gasteiger partial charge in [0.05, 0.1) is 5.69 Å². The molecular formula is C14H18N4OS. The standard InChI is InChI=1S/C14H18N4OS/c19-13-6-11(16-14-18(13)4-5-20-14)8-17-7-10-2-1-3-15-12(10)9-17/h4-6,10,12,15H,1-3,7-9H2. The molecule has 2 aromatic rings. The van der Waals surface area contributed by atoms with Crippen LogP contribution in [0.4, 0.5) is 0 Å². The first-order valence-corrected chi connectivity index (χ1v) is 8.09. The van der Waals surface area contributed by atoms with Crippen molar-refractivity contribution < 1.29 is 0 Å². The molecule has 0 bridgehead atoms. The van der Waals surface area contributed by atoms with Crippen LogP contribution >= 0.6 is 11.3 Å². The summed E-state index contributed by atoms with van der Waals surface area (Å²) in [4.78, 5) is 19.8. The summed E-state index contributed by atoms with van der Waals surface area (Å²) in [6, 6.07) is 2.31. The summed E-state index contributed by atoms with van der Waals surface area (Å²) in [5.41, 5.74) is 0.928. The maximum absolute atomic E-state index is 12.0. The maximum atomic E-state index is 12.0. The fourth-order valence-electron chi connectivity index (χ4n) is 3.46. The van der Waals surface area contributed by atoms with Gasteiger partial charge < -0.3 is 5.32 Å². The Morgan fingerprint density at radius 1 is 1.45 bits per heavy atom. The summed E-state index contributed by atoms with van der Waals surface area (Å²) >= 11 is 1.51. The van der Waals surface area contributed by atoms with Gasteiger partial charge >= 0.3 is 0 Å². The lowest BCUT2D eigenvalue weighted by atomic mass is 9.94. The van der Waals surface area contributed by atoms with E-state index in [0.717, 1.165) is 42.8 Å². The van der Waals surface area contributed by atoms with Gasteiger partial charge in [-0.15, -0.1) is 11.3 Å². The molecule has 4 heterocycles. The molecule has 0 saturated carbocycles. The van der Waals surface area contributed by atoms with E-state index in [1.54, 1.807) is 16.7 Å². The Kier molecular flexibility index (Phi) is 3.09. The van der Waals surface area contributed by atoms with Gasteiger partial charge in [0.1, 0.15) is 0 Å². The molecule has 2 aliphatic rings. The van der Waals surface area contributed by atoms with Crippen LogP contribution in [-0.2, 0) is 6.54 Å². The van der Waals surface area contributed by atoms with Crippen molar-refractivity contribution in [2.75, 3.05) is 19.6 Å². The van der Waals surface area contributed by atoms with Gasteiger partial charge in [-0.2, -0.15) is 0 Å². The zero-order chi connectivity index (χ0) is 13.5. The zero-order valence-corrected chi connectivity index (χ0v) is 12.1. The number of hydrogen-bond acceptors (Lipinski definition) is 5. The molecule has 5 nitrogen and oxygen atoms in total. The highest BCUT2D eigenvalue weighted by Crippen LogP contribution is 2.25. The largest absolute Gasteiger partial charge is 0.312 e. The second kappa shape index (κ2) is 4.95. The summed E-state index contributed by atoms with van der Waals surface area (Å²) in [5, 5.41) is 5.51. The number of fused-ring (bicyclic) bond motifs is 2. The van der Waals surface area contributed by atoms with Gasteiger partial charge in [0.2, 0.25) is 0 Å². The predicted octanol–water partition coefficient (Wildman–Crippen LogP) is 0.940. The van der Waals surface area contributed by atoms with Crippen molar-refractivity contribution in [1.29, 1.82) is 0 Å². The molecule has 0 aromatic carbocycles. The number of rotatable bonds is 2. The molecule has 2 aromatic heterocycles. The van der Waals surface area contributed by atoms with E-state index in [-0.39, 0.29) is 5.56 Å². The molecule has 2 aliphatic heterocycles. The van der Waals surface area contributed by atoms with E-state index in [2.05, 4.69) is 15.2 Å². The van der Waals surface area contributed by atoms with Crippen LogP contribution in [0.15, 0.2) is 22.4 Å². The molecule has 0 spiro atoms. The Balaban J connectivity index is 1.54. The molecule has 1 N–H and O–H groups in total. The van der Waals surface area contributed by atoms with Crippen molar-refractivity contribution in [2.24, 2.45) is 5.92 Å². The van der Waals surface area contributed by atoms with Gasteiger partial charge in [-0.1, -0.05) is 0 Å². The lowest BCUT2D eigenvalue weighted by molar-refractivity contribution is 0.309. The van der Waals surface area contributed by atoms with Crippen molar-refractivity contribution >= 4 is 16.3 Å². The summed E-state index contributed by atoms with van der Waals surface area (Å²) in [7, 11) is 0. The van der Waals surface area contributed by atoms with Gasteiger partial charge in [0.25, 0.3) is 5.56 Å². The molecule has 2 atom stereocenters. The Morgan fingerprint density at radius 3 is 3.30 bits per heavy atom. The van der Waals surface area contributed by atoms with E-state index in [0.29, 0.717) is 6.04 Å². The van der Waals surface area contributed by atoms with Gasteiger partial charge in [-0.05, 0) is 25.3 Å². The second-order valence-corrected chi connectivity index (χ2v) is 6.67. The van der Waals surface area contributed by atoms with Gasteiger partial charge in [0.15, 0.2) is 4.96 Å². The number of nitrogens with one attached hydrogen (secondary N) is 1. The van der Waals surface area contributed by atoms with E-state index < -0.39 is 0 Å². The van der Waals surface area contributed by atoms with Crippen LogP contribution in [0.5, 0.6) is 0 Å². The van der Waals surface area contributed by atoms with Gasteiger partial charge in [-0.25, -0.2) is 4.98 Å². The first-order valence-electron chi connectivity index (χ1n) is 7.21. The summed E-state index contributed by atoms with van der Waals surface area (Å²) in [6.07, 6.45) is 4.40. The van der Waals surface area contributed by atoms with Crippen LogP contribution in [0.2, 0.25) is 0 Å². The van der Waals surface area contributed by atoms with E-state index in [4.69, 9.17) is 0 Å². The monoisotopic (exact) mass is 290 g/mol. The molecule has 0 radical (unpaired) electrons. The third-order valence-electron chi connectivity index (χ3n) is 4.42. The molecule has 2 fully saturated rings. The summed E-state index contributed by atoms with van der Waals surface area (Å²) < 4.78 is 1.61. The topological polar surface area (TPSA) is 49.6 Å². The molecule has 2 unspecified atom stereocenters. The van der Waals surface area contributed by atoms with Crippen molar-refractivity contribution in [3.8, 4) is 0 Å². The highest BCUT2D eigenvalue weighted by Gasteiger charge is 2.34. The van der Waals surface area contributed by atoms with Crippen LogP contribution in [0.1, 0.15) is 18.5 Å². The van der Waals surface area contributed by atoms with Gasteiger partial charge in [0, 0.05) is 43.3 Å². The number of nitrogens with zero attached hydrogens (tertiary/aromatic N) is 3. The fourth-order valence-corrected chi connectivity index (χ4v) is 4.20. The molecule has 4 rings (SSSR count). The zero-order valence-electron chi connectivity index (χ0n) is 11.3. The SMILES string of the molecule is O=c1cc(CN2CC3CCCNC3C2)nc2sccn12. The molecule has 106 valence electrons. The van der Waals surface area contributed by atoms with E-state index in [9.17, 15) is 4.79 Å². The van der Waals surface area contributed by atoms with Crippen molar-refractivity contribution in [3.63, 3.8) is 0 Å². The van der Waals surface area contributed by atoms with Crippen LogP contribution in [-0.4, -0.2) is 40.0 Å². The molecule has 2 saturated heterocycles. The van der Waals surface area contributed by atoms with Gasteiger partial charge in [-0.3, -0.25) is 14.1 Å². The lowest BCUT2D eigenvalue weighted by Gasteiger charge is -2.24. The Hall–Kier alpha value is -1.24. The van der Waals surface area contributed by atoms with E-state index in [1.807, 2.05) is 5.38 Å². The maximum Gasteiger partial charge on any atom is 0.258 e. The van der Waals surface area contributed by atoms with Crippen LogP contribution in [0.3, 0.4) is 0 Å². The Labute approximate surface area is 121 Å². The van der Waals surface area contributed by atoms with Crippen LogP contribution in [0.25, 0.3) is 4.96 Å². The molecular weight excluding hydrogens is 272 g/mol. The first kappa shape index (κ1) is 12.5. The second-order valence-electron chi connectivity index (χ2n) is 5.80. The number of piperidine rings is 1. The fraction of sp³-hybridized carbons (Fsp3) is 0.571. The molecule has 0 aliphatic carbocycles. The minimum Gasteiger partial charge on any atom is -0.312 e. The smallest absolute Gasteiger partial charge is 0.258 e. The highest BCUT2D eigenvalue weighted by molar-refractivity contribution is 7.15. The molecule has 6 heteroatoms. The number of thiazole rings is 1. The molecule has 0 amide bonds.